The summed E-state index contributed by atoms with van der Waals surface area (Å²) in [6.07, 6.45) is 0.583. The van der Waals surface area contributed by atoms with E-state index in [0.717, 1.165) is 4.90 Å². The van der Waals surface area contributed by atoms with Crippen LogP contribution in [0.3, 0.4) is 0 Å². The van der Waals surface area contributed by atoms with Gasteiger partial charge in [0, 0.05) is 31.7 Å². The molecule has 10 nitrogen and oxygen atoms in total. The second kappa shape index (κ2) is 8.12. The number of benzene rings is 1. The summed E-state index contributed by atoms with van der Waals surface area (Å²) in [5, 5.41) is 2.76. The number of nitrogens with zero attached hydrogens (tertiary/aromatic N) is 2. The van der Waals surface area contributed by atoms with Crippen LogP contribution in [-0.4, -0.2) is 87.0 Å². The molecule has 2 fully saturated rings. The van der Waals surface area contributed by atoms with Gasteiger partial charge in [0.2, 0.25) is 5.91 Å². The second-order valence-electron chi connectivity index (χ2n) is 7.96. The van der Waals surface area contributed by atoms with Gasteiger partial charge in [-0.3, -0.25) is 14.5 Å². The minimum Gasteiger partial charge on any atom is -0.493 e. The predicted molar refractivity (Wildman–Crippen MR) is 109 cm³/mol. The molecule has 3 heterocycles. The molecule has 0 aromatic heterocycles. The first-order chi connectivity index (χ1) is 14.8. The number of ether oxygens (including phenoxy) is 2. The number of carbonyl (C=O) groups is 3. The molecule has 3 aliphatic rings. The van der Waals surface area contributed by atoms with E-state index < -0.39 is 45.8 Å². The van der Waals surface area contributed by atoms with E-state index in [9.17, 15) is 22.8 Å². The Kier molecular flexibility index (Phi) is 5.65. The molecule has 31 heavy (non-hydrogen) atoms. The van der Waals surface area contributed by atoms with Crippen LogP contribution in [0.5, 0.6) is 5.75 Å². The zero-order valence-electron chi connectivity index (χ0n) is 17.2. The summed E-state index contributed by atoms with van der Waals surface area (Å²) < 4.78 is 34.5. The van der Waals surface area contributed by atoms with E-state index in [1.165, 1.54) is 12.0 Å². The number of methoxy groups -OCH3 is 1. The van der Waals surface area contributed by atoms with Crippen molar-refractivity contribution >= 4 is 27.7 Å². The number of amides is 4. The topological polar surface area (TPSA) is 122 Å². The molecule has 2 saturated heterocycles. The number of sulfone groups is 1. The van der Waals surface area contributed by atoms with Crippen LogP contribution in [0.15, 0.2) is 24.3 Å². The van der Waals surface area contributed by atoms with Crippen molar-refractivity contribution in [1.29, 1.82) is 0 Å². The monoisotopic (exact) mass is 451 g/mol. The van der Waals surface area contributed by atoms with E-state index in [0.29, 0.717) is 17.7 Å². The Hall–Kier alpha value is -2.66. The van der Waals surface area contributed by atoms with Gasteiger partial charge in [-0.1, -0.05) is 18.2 Å². The summed E-state index contributed by atoms with van der Waals surface area (Å²) in [6, 6.07) is 5.86. The van der Waals surface area contributed by atoms with Gasteiger partial charge < -0.3 is 19.7 Å². The molecule has 4 rings (SSSR count). The molecule has 0 unspecified atom stereocenters. The van der Waals surface area contributed by atoms with E-state index in [1.54, 1.807) is 24.3 Å². The highest BCUT2D eigenvalue weighted by molar-refractivity contribution is 7.91. The number of nitrogens with one attached hydrogen (secondary N) is 1. The zero-order chi connectivity index (χ0) is 22.2. The van der Waals surface area contributed by atoms with Crippen LogP contribution in [0, 0.1) is 0 Å². The maximum atomic E-state index is 13.3. The summed E-state index contributed by atoms with van der Waals surface area (Å²) in [7, 11) is -1.73. The summed E-state index contributed by atoms with van der Waals surface area (Å²) in [6.45, 7) is 0.193. The first-order valence-electron chi connectivity index (χ1n) is 10.1. The van der Waals surface area contributed by atoms with Gasteiger partial charge in [0.25, 0.3) is 5.91 Å². The van der Waals surface area contributed by atoms with Crippen molar-refractivity contribution in [2.75, 3.05) is 44.9 Å². The van der Waals surface area contributed by atoms with Crippen LogP contribution in [0.25, 0.3) is 0 Å². The molecule has 3 aliphatic heterocycles. The standard InChI is InChI=1S/C20H25N3O7S/c1-29-10-8-22(14-6-11-31(27,28)13-14)17(24)12-23-18(25)20(21-19(23)26)7-9-30-16-5-3-2-4-15(16)20/h2-5,14H,6-13H2,1H3,(H,21,26)/t14-,20-/m1/s1. The Morgan fingerprint density at radius 1 is 1.35 bits per heavy atom. The van der Waals surface area contributed by atoms with Gasteiger partial charge in [0.1, 0.15) is 12.3 Å². The van der Waals surface area contributed by atoms with Crippen molar-refractivity contribution in [3.8, 4) is 5.75 Å². The average Bonchev–Trinajstić information content (AvgIpc) is 3.21. The first kappa shape index (κ1) is 21.6. The number of carbonyl (C=O) groups excluding carboxylic acids is 3. The van der Waals surface area contributed by atoms with E-state index >= 15 is 0 Å². The normalized spacial score (nSPS) is 26.5. The van der Waals surface area contributed by atoms with Crippen molar-refractivity contribution in [1.82, 2.24) is 15.1 Å². The molecule has 168 valence electrons. The fourth-order valence-corrected chi connectivity index (χ4v) is 6.19. The Balaban J connectivity index is 1.55. The fourth-order valence-electron chi connectivity index (χ4n) is 4.46. The largest absolute Gasteiger partial charge is 0.493 e. The van der Waals surface area contributed by atoms with E-state index in [-0.39, 0.29) is 37.7 Å². The van der Waals surface area contributed by atoms with E-state index in [4.69, 9.17) is 9.47 Å². The lowest BCUT2D eigenvalue weighted by molar-refractivity contribution is -0.141. The second-order valence-corrected chi connectivity index (χ2v) is 10.2. The molecule has 0 aliphatic carbocycles. The van der Waals surface area contributed by atoms with Crippen molar-refractivity contribution in [2.45, 2.75) is 24.4 Å². The zero-order valence-corrected chi connectivity index (χ0v) is 18.0. The van der Waals surface area contributed by atoms with E-state index in [2.05, 4.69) is 5.32 Å². The molecular weight excluding hydrogens is 426 g/mol. The van der Waals surface area contributed by atoms with Crippen LogP contribution in [0.4, 0.5) is 4.79 Å². The molecule has 0 radical (unpaired) electrons. The maximum absolute atomic E-state index is 13.3. The minimum atomic E-state index is -3.21. The smallest absolute Gasteiger partial charge is 0.325 e. The lowest BCUT2D eigenvalue weighted by Crippen LogP contribution is -2.50. The number of hydrogen-bond donors (Lipinski definition) is 1. The highest BCUT2D eigenvalue weighted by atomic mass is 32.2. The van der Waals surface area contributed by atoms with Gasteiger partial charge in [-0.05, 0) is 12.5 Å². The lowest BCUT2D eigenvalue weighted by Gasteiger charge is -2.33. The third-order valence-corrected chi connectivity index (χ3v) is 7.81. The molecule has 4 amide bonds. The number of para-hydroxylation sites is 1. The molecule has 1 aromatic carbocycles. The van der Waals surface area contributed by atoms with Crippen molar-refractivity contribution < 1.29 is 32.3 Å². The summed E-state index contributed by atoms with van der Waals surface area (Å²) in [4.78, 5) is 41.5. The highest BCUT2D eigenvalue weighted by Crippen LogP contribution is 2.40. The van der Waals surface area contributed by atoms with Gasteiger partial charge >= 0.3 is 6.03 Å². The molecule has 2 atom stereocenters. The lowest BCUT2D eigenvalue weighted by atomic mass is 9.84. The summed E-state index contributed by atoms with van der Waals surface area (Å²) >= 11 is 0. The average molecular weight is 452 g/mol. The van der Waals surface area contributed by atoms with Crippen LogP contribution < -0.4 is 10.1 Å². The number of fused-ring (bicyclic) bond motifs is 2. The summed E-state index contributed by atoms with van der Waals surface area (Å²) in [5.41, 5.74) is -0.701. The third kappa shape index (κ3) is 3.87. The minimum absolute atomic E-state index is 0.0114. The number of imide groups is 1. The first-order valence-corrected chi connectivity index (χ1v) is 11.9. The molecule has 1 aromatic rings. The van der Waals surface area contributed by atoms with Gasteiger partial charge in [0.05, 0.1) is 24.7 Å². The Morgan fingerprint density at radius 3 is 2.84 bits per heavy atom. The number of urea groups is 1. The Morgan fingerprint density at radius 2 is 2.13 bits per heavy atom. The van der Waals surface area contributed by atoms with Crippen molar-refractivity contribution in [3.05, 3.63) is 29.8 Å². The van der Waals surface area contributed by atoms with Crippen molar-refractivity contribution in [3.63, 3.8) is 0 Å². The fraction of sp³-hybridized carbons (Fsp3) is 0.550. The molecule has 0 bridgehead atoms. The van der Waals surface area contributed by atoms with Gasteiger partial charge in [-0.15, -0.1) is 0 Å². The van der Waals surface area contributed by atoms with Crippen LogP contribution in [-0.2, 0) is 29.7 Å². The molecule has 1 N–H and O–H groups in total. The maximum Gasteiger partial charge on any atom is 0.325 e. The third-order valence-electron chi connectivity index (χ3n) is 6.06. The summed E-state index contributed by atoms with van der Waals surface area (Å²) in [5.74, 6) is -0.588. The predicted octanol–water partition coefficient (Wildman–Crippen LogP) is -0.122. The number of hydrogen-bond acceptors (Lipinski definition) is 7. The molecule has 0 saturated carbocycles. The molecule has 1 spiro atoms. The van der Waals surface area contributed by atoms with Gasteiger partial charge in [-0.2, -0.15) is 0 Å². The quantitative estimate of drug-likeness (QED) is 0.598. The number of rotatable bonds is 6. The Bertz CT molecular complexity index is 1010. The van der Waals surface area contributed by atoms with Gasteiger partial charge in [0.15, 0.2) is 15.4 Å². The Labute approximate surface area is 180 Å². The van der Waals surface area contributed by atoms with Crippen LogP contribution in [0.2, 0.25) is 0 Å². The van der Waals surface area contributed by atoms with Gasteiger partial charge in [-0.25, -0.2) is 13.2 Å². The molecular formula is C20H25N3O7S. The molecule has 11 heteroatoms. The van der Waals surface area contributed by atoms with Crippen LogP contribution in [0.1, 0.15) is 18.4 Å². The highest BCUT2D eigenvalue weighted by Gasteiger charge is 2.55. The van der Waals surface area contributed by atoms with Crippen LogP contribution >= 0.6 is 0 Å². The van der Waals surface area contributed by atoms with E-state index in [1.807, 2.05) is 0 Å². The SMILES string of the molecule is COCCN(C(=O)CN1C(=O)N[C@@]2(CCOc3ccccc32)C1=O)[C@@H]1CCS(=O)(=O)C1. The van der Waals surface area contributed by atoms with Crippen molar-refractivity contribution in [2.24, 2.45) is 0 Å².